The SMILES string of the molecule is CN(C(=O)c1ccncc1Cl)C1CCC(CO)CC1. The fourth-order valence-corrected chi connectivity index (χ4v) is 2.82. The number of halogens is 1. The Kier molecular flexibility index (Phi) is 4.77. The van der Waals surface area contributed by atoms with Crippen molar-refractivity contribution in [1.29, 1.82) is 0 Å². The van der Waals surface area contributed by atoms with Gasteiger partial charge >= 0.3 is 0 Å². The van der Waals surface area contributed by atoms with Gasteiger partial charge in [0.05, 0.1) is 10.6 Å². The van der Waals surface area contributed by atoms with E-state index in [1.165, 1.54) is 6.20 Å². The van der Waals surface area contributed by atoms with Gasteiger partial charge in [-0.3, -0.25) is 9.78 Å². The molecule has 1 aliphatic rings. The minimum atomic E-state index is -0.0557. The van der Waals surface area contributed by atoms with Crippen LogP contribution in [0.15, 0.2) is 18.5 Å². The van der Waals surface area contributed by atoms with Gasteiger partial charge in [0.15, 0.2) is 0 Å². The van der Waals surface area contributed by atoms with Crippen molar-refractivity contribution in [2.24, 2.45) is 5.92 Å². The van der Waals surface area contributed by atoms with Crippen LogP contribution in [-0.2, 0) is 0 Å². The molecule has 1 saturated carbocycles. The molecule has 1 heterocycles. The van der Waals surface area contributed by atoms with Gasteiger partial charge in [-0.2, -0.15) is 0 Å². The second kappa shape index (κ2) is 6.35. The van der Waals surface area contributed by atoms with Crippen LogP contribution in [0.3, 0.4) is 0 Å². The third kappa shape index (κ3) is 3.25. The van der Waals surface area contributed by atoms with Crippen LogP contribution in [0.4, 0.5) is 0 Å². The fourth-order valence-electron chi connectivity index (χ4n) is 2.62. The molecule has 1 aliphatic carbocycles. The van der Waals surface area contributed by atoms with E-state index < -0.39 is 0 Å². The number of carbonyl (C=O) groups excluding carboxylic acids is 1. The second-order valence-electron chi connectivity index (χ2n) is 5.13. The highest BCUT2D eigenvalue weighted by Gasteiger charge is 2.27. The van der Waals surface area contributed by atoms with Gasteiger partial charge in [0.25, 0.3) is 5.91 Å². The zero-order valence-electron chi connectivity index (χ0n) is 11.1. The zero-order valence-corrected chi connectivity index (χ0v) is 11.8. The lowest BCUT2D eigenvalue weighted by Crippen LogP contribution is -2.40. The van der Waals surface area contributed by atoms with Crippen LogP contribution in [-0.4, -0.2) is 40.6 Å². The standard InChI is InChI=1S/C14H19ClN2O2/c1-17(11-4-2-10(9-18)3-5-11)14(19)12-6-7-16-8-13(12)15/h6-8,10-11,18H,2-5,9H2,1H3. The number of carbonyl (C=O) groups is 1. The van der Waals surface area contributed by atoms with Gasteiger partial charge in [0.1, 0.15) is 0 Å². The van der Waals surface area contributed by atoms with Gasteiger partial charge in [0.2, 0.25) is 0 Å². The summed E-state index contributed by atoms with van der Waals surface area (Å²) in [6.45, 7) is 0.251. The summed E-state index contributed by atoms with van der Waals surface area (Å²) in [5.41, 5.74) is 0.503. The van der Waals surface area contributed by atoms with E-state index in [0.29, 0.717) is 16.5 Å². The normalized spacial score (nSPS) is 23.1. The molecule has 5 heteroatoms. The van der Waals surface area contributed by atoms with Crippen LogP contribution in [0.1, 0.15) is 36.0 Å². The molecule has 1 aromatic heterocycles. The highest BCUT2D eigenvalue weighted by Crippen LogP contribution is 2.28. The summed E-state index contributed by atoms with van der Waals surface area (Å²) in [5, 5.41) is 9.53. The maximum atomic E-state index is 12.4. The first-order chi connectivity index (χ1) is 9.13. The third-order valence-electron chi connectivity index (χ3n) is 3.95. The molecule has 0 atom stereocenters. The first-order valence-corrected chi connectivity index (χ1v) is 6.98. The Morgan fingerprint density at radius 1 is 1.47 bits per heavy atom. The summed E-state index contributed by atoms with van der Waals surface area (Å²) in [5.74, 6) is 0.337. The van der Waals surface area contributed by atoms with Crippen molar-refractivity contribution < 1.29 is 9.90 Å². The minimum Gasteiger partial charge on any atom is -0.396 e. The van der Waals surface area contributed by atoms with Gasteiger partial charge in [-0.1, -0.05) is 11.6 Å². The first kappa shape index (κ1) is 14.3. The van der Waals surface area contributed by atoms with Crippen molar-refractivity contribution in [2.75, 3.05) is 13.7 Å². The van der Waals surface area contributed by atoms with Crippen molar-refractivity contribution in [2.45, 2.75) is 31.7 Å². The summed E-state index contributed by atoms with van der Waals surface area (Å²) in [6, 6.07) is 1.89. The van der Waals surface area contributed by atoms with E-state index in [1.54, 1.807) is 17.2 Å². The van der Waals surface area contributed by atoms with Gasteiger partial charge in [-0.05, 0) is 37.7 Å². The topological polar surface area (TPSA) is 53.4 Å². The molecule has 2 rings (SSSR count). The molecular weight excluding hydrogens is 264 g/mol. The van der Waals surface area contributed by atoms with Crippen LogP contribution < -0.4 is 0 Å². The monoisotopic (exact) mass is 282 g/mol. The number of aromatic nitrogens is 1. The van der Waals surface area contributed by atoms with E-state index in [2.05, 4.69) is 4.98 Å². The quantitative estimate of drug-likeness (QED) is 0.926. The number of amides is 1. The number of nitrogens with zero attached hydrogens (tertiary/aromatic N) is 2. The average Bonchev–Trinajstić information content (AvgIpc) is 2.46. The minimum absolute atomic E-state index is 0.0557. The van der Waals surface area contributed by atoms with Crippen LogP contribution in [0, 0.1) is 5.92 Å². The summed E-state index contributed by atoms with van der Waals surface area (Å²) >= 11 is 6.00. The molecule has 0 radical (unpaired) electrons. The molecule has 1 N–H and O–H groups in total. The Hall–Kier alpha value is -1.13. The number of pyridine rings is 1. The molecule has 0 saturated heterocycles. The van der Waals surface area contributed by atoms with E-state index in [1.807, 2.05) is 7.05 Å². The van der Waals surface area contributed by atoms with E-state index >= 15 is 0 Å². The van der Waals surface area contributed by atoms with Crippen molar-refractivity contribution in [1.82, 2.24) is 9.88 Å². The predicted molar refractivity (Wildman–Crippen MR) is 74.2 cm³/mol. The molecule has 0 aliphatic heterocycles. The Labute approximate surface area is 118 Å². The highest BCUT2D eigenvalue weighted by molar-refractivity contribution is 6.33. The smallest absolute Gasteiger partial charge is 0.255 e. The van der Waals surface area contributed by atoms with Gasteiger partial charge in [-0.25, -0.2) is 0 Å². The summed E-state index contributed by atoms with van der Waals surface area (Å²) < 4.78 is 0. The first-order valence-electron chi connectivity index (χ1n) is 6.61. The average molecular weight is 283 g/mol. The third-order valence-corrected chi connectivity index (χ3v) is 4.25. The van der Waals surface area contributed by atoms with E-state index in [9.17, 15) is 4.79 Å². The maximum Gasteiger partial charge on any atom is 0.255 e. The lowest BCUT2D eigenvalue weighted by Gasteiger charge is -2.34. The molecule has 4 nitrogen and oxygen atoms in total. The number of hydrogen-bond donors (Lipinski definition) is 1. The van der Waals surface area contributed by atoms with Gasteiger partial charge in [-0.15, -0.1) is 0 Å². The number of hydrogen-bond acceptors (Lipinski definition) is 3. The van der Waals surface area contributed by atoms with E-state index in [0.717, 1.165) is 25.7 Å². The number of aliphatic hydroxyl groups is 1. The number of rotatable bonds is 3. The van der Waals surface area contributed by atoms with Crippen LogP contribution >= 0.6 is 11.6 Å². The molecular formula is C14H19ClN2O2. The van der Waals surface area contributed by atoms with Crippen molar-refractivity contribution in [3.8, 4) is 0 Å². The molecule has 0 unspecified atom stereocenters. The summed E-state index contributed by atoms with van der Waals surface area (Å²) in [7, 11) is 1.82. The second-order valence-corrected chi connectivity index (χ2v) is 5.54. The molecule has 19 heavy (non-hydrogen) atoms. The van der Waals surface area contributed by atoms with Crippen molar-refractivity contribution in [3.05, 3.63) is 29.0 Å². The lowest BCUT2D eigenvalue weighted by molar-refractivity contribution is 0.0653. The fraction of sp³-hybridized carbons (Fsp3) is 0.571. The molecule has 0 aromatic carbocycles. The molecule has 1 amide bonds. The number of aliphatic hydroxyl groups excluding tert-OH is 1. The Bertz CT molecular complexity index is 445. The molecule has 104 valence electrons. The van der Waals surface area contributed by atoms with E-state index in [4.69, 9.17) is 16.7 Å². The van der Waals surface area contributed by atoms with Gasteiger partial charge < -0.3 is 10.0 Å². The van der Waals surface area contributed by atoms with Gasteiger partial charge in [0, 0.05) is 32.1 Å². The zero-order chi connectivity index (χ0) is 13.8. The Morgan fingerprint density at radius 2 is 2.16 bits per heavy atom. The van der Waals surface area contributed by atoms with Crippen molar-refractivity contribution >= 4 is 17.5 Å². The molecule has 1 fully saturated rings. The Balaban J connectivity index is 2.02. The van der Waals surface area contributed by atoms with Crippen molar-refractivity contribution in [3.63, 3.8) is 0 Å². The Morgan fingerprint density at radius 3 is 2.74 bits per heavy atom. The summed E-state index contributed by atoms with van der Waals surface area (Å²) in [4.78, 5) is 18.0. The highest BCUT2D eigenvalue weighted by atomic mass is 35.5. The largest absolute Gasteiger partial charge is 0.396 e. The maximum absolute atomic E-state index is 12.4. The molecule has 0 spiro atoms. The molecule has 1 aromatic rings. The van der Waals surface area contributed by atoms with Crippen LogP contribution in [0.25, 0.3) is 0 Å². The lowest BCUT2D eigenvalue weighted by atomic mass is 9.86. The van der Waals surface area contributed by atoms with Crippen LogP contribution in [0.2, 0.25) is 5.02 Å². The summed E-state index contributed by atoms with van der Waals surface area (Å²) in [6.07, 6.45) is 6.90. The molecule has 0 bridgehead atoms. The van der Waals surface area contributed by atoms with Crippen LogP contribution in [0.5, 0.6) is 0 Å². The predicted octanol–water partition coefficient (Wildman–Crippen LogP) is 2.36. The van der Waals surface area contributed by atoms with E-state index in [-0.39, 0.29) is 18.6 Å².